The Hall–Kier alpha value is -15.3. The van der Waals surface area contributed by atoms with Crippen molar-refractivity contribution in [2.45, 2.75) is 120 Å². The number of ether oxygens (including phenoxy) is 7. The molecule has 0 fully saturated rings. The van der Waals surface area contributed by atoms with Gasteiger partial charge in [0.05, 0.1) is 72.1 Å². The molecule has 0 radical (unpaired) electrons. The second kappa shape index (κ2) is 50.9. The molecule has 0 atom stereocenters. The largest absolute Gasteiger partial charge is 1.00 e. The van der Waals surface area contributed by atoms with Gasteiger partial charge in [0.2, 0.25) is 23.6 Å². The zero-order valence-electron chi connectivity index (χ0n) is 78.1. The van der Waals surface area contributed by atoms with Gasteiger partial charge in [-0.15, -0.1) is 0 Å². The van der Waals surface area contributed by atoms with E-state index in [1.807, 2.05) is 115 Å². The monoisotopic (exact) mass is 1920 g/mol. The van der Waals surface area contributed by atoms with Crippen molar-refractivity contribution >= 4 is 124 Å². The van der Waals surface area contributed by atoms with E-state index in [9.17, 15) is 43.5 Å². The van der Waals surface area contributed by atoms with Crippen LogP contribution in [0.2, 0.25) is 0 Å². The van der Waals surface area contributed by atoms with E-state index >= 15 is 0 Å². The molecule has 4 heterocycles. The first kappa shape index (κ1) is 105. The predicted molar refractivity (Wildman–Crippen MR) is 530 cm³/mol. The van der Waals surface area contributed by atoms with Crippen LogP contribution in [-0.4, -0.2) is 79.4 Å². The van der Waals surface area contributed by atoms with Gasteiger partial charge in [0.15, 0.2) is 0 Å². The number of esters is 3. The minimum atomic E-state index is -0.985. The number of primary amides is 1. The molecule has 27 nitrogen and oxygen atoms in total. The van der Waals surface area contributed by atoms with Crippen molar-refractivity contribution in [3.05, 3.63) is 339 Å². The van der Waals surface area contributed by atoms with Crippen LogP contribution < -0.4 is 71.0 Å². The summed E-state index contributed by atoms with van der Waals surface area (Å²) in [5.74, 6) is -0.814. The van der Waals surface area contributed by atoms with Gasteiger partial charge in [0.25, 0.3) is 0 Å². The molecule has 0 spiro atoms. The summed E-state index contributed by atoms with van der Waals surface area (Å²) >= 11 is 3.46. The zero-order chi connectivity index (χ0) is 96.9. The minimum Gasteiger partial charge on any atom is -0.870 e. The van der Waals surface area contributed by atoms with E-state index < -0.39 is 11.9 Å². The number of aryl methyl sites for hydroxylation is 2. The number of nitrogens with one attached hydrogen (secondary N) is 3. The fraction of sp³-hybridized carbons (Fsp3) is 0.193. The topological polar surface area (TPSA) is 418 Å². The van der Waals surface area contributed by atoms with Crippen LogP contribution in [0, 0.1) is 0 Å². The smallest absolute Gasteiger partial charge is 0.870 e. The standard InChI is InChI=1S/C28H27NO5.C27H26N2O5.C26H23BrO4.C26H24N2O5.C2H5NO.Li.H2O/c1-4-19-6-5-7-21(12-19)25-14-20(13-22-10-11-33-28(22)25)17-34-26-9-8-24(29-18(2)30)15-23(26)16-27(31)32-3;1-17(30)29-23-6-7-25(22(13-23)14-26(31)32-2)34-16-19-11-21-8-9-33-27(21)24(12-19)20-5-3-4-18(10-20)15-28;1-3-17-5-4-6-19(11-17)23-13-18(12-20-9-10-30-26(20)23)16-31-24-8-7-22(27)14-21(24)15-25(28)29-2;1-16(29)28-22-5-6-24(21(12-22)13-25(30)31)33-15-18-10-20-7-8-32-26(20)23(11-18)19-4-2-3-17(9-19)14-27;1-2(3)4;;/h5-15H,4,16-17H2,1-3H3,(H,29,30);3-13H,14-16,28H2,1-2H3,(H,29,30);4-14H,3,15-16H2,1-2H3;2-12H,13-15,27H2,1H3,(H,28,29)(H,30,31);1H3,(H2,3,4);;1H2/q;;;;;+1;/p-1. The number of furan rings is 4. The van der Waals surface area contributed by atoms with E-state index in [1.165, 1.54) is 60.2 Å². The van der Waals surface area contributed by atoms with Gasteiger partial charge < -0.3 is 94.6 Å². The molecule has 0 saturated heterocycles. The third kappa shape index (κ3) is 29.4. The van der Waals surface area contributed by atoms with Crippen molar-refractivity contribution in [1.82, 2.24) is 0 Å². The van der Waals surface area contributed by atoms with Crippen LogP contribution in [0.15, 0.2) is 290 Å². The third-order valence-corrected chi connectivity index (χ3v) is 21.9. The van der Waals surface area contributed by atoms with Crippen molar-refractivity contribution in [3.8, 4) is 67.5 Å². The molecule has 29 heteroatoms. The van der Waals surface area contributed by atoms with Crippen molar-refractivity contribution < 1.29 is 119 Å². The fourth-order valence-electron chi connectivity index (χ4n) is 15.2. The zero-order valence-corrected chi connectivity index (χ0v) is 79.7. The van der Waals surface area contributed by atoms with Crippen LogP contribution >= 0.6 is 15.9 Å². The van der Waals surface area contributed by atoms with Gasteiger partial charge in [0.1, 0.15) is 71.8 Å². The molecule has 0 bridgehead atoms. The van der Waals surface area contributed by atoms with E-state index in [1.54, 1.807) is 79.6 Å². The molecule has 706 valence electrons. The Labute approximate surface area is 818 Å². The number of carboxylic acid groups (broad SMARTS) is 1. The number of hydrogen-bond donors (Lipinski definition) is 7. The van der Waals surface area contributed by atoms with E-state index in [0.717, 1.165) is 145 Å². The normalized spacial score (nSPS) is 10.6. The number of hydrogen-bond acceptors (Lipinski definition) is 22. The Morgan fingerprint density at radius 1 is 0.341 bits per heavy atom. The number of amides is 4. The summed E-state index contributed by atoms with van der Waals surface area (Å²) in [6, 6.07) is 78.1. The SMILES string of the molecule is CC(=O)Nc1ccc(OCc2cc(-c3cccc(CN)c3)c3occc3c2)c(CC(=O)O)c1.CC(N)=O.CCc1cccc(-c2cc(COc3ccc(Br)cc3CC(=O)OC)cc3ccoc23)c1.CCc1cccc(-c2cc(COc3ccc(NC(C)=O)cc3CC(=O)OC)cc3ccoc23)c1.COC(=O)Cc1cc(NC(C)=O)ccc1OCc1cc(-c2cccc(CN)c2)c2occc2c1.[Li+].[OH-]. The summed E-state index contributed by atoms with van der Waals surface area (Å²) in [5, 5.41) is 21.3. The average molecular weight is 1920 g/mol. The summed E-state index contributed by atoms with van der Waals surface area (Å²) in [6.07, 6.45) is 8.65. The maximum Gasteiger partial charge on any atom is 1.00 e. The van der Waals surface area contributed by atoms with Crippen molar-refractivity contribution in [2.75, 3.05) is 37.3 Å². The maximum atomic E-state index is 11.9. The third-order valence-electron chi connectivity index (χ3n) is 21.5. The molecule has 16 aromatic rings. The first-order valence-electron chi connectivity index (χ1n) is 43.6. The number of halogens is 1. The van der Waals surface area contributed by atoms with Gasteiger partial charge in [0, 0.05) is 128 Å². The van der Waals surface area contributed by atoms with Crippen LogP contribution in [0.3, 0.4) is 0 Å². The quantitative estimate of drug-likeness (QED) is 0.0120. The molecule has 0 saturated carbocycles. The number of fused-ring (bicyclic) bond motifs is 4. The molecule has 0 aliphatic heterocycles. The van der Waals surface area contributed by atoms with E-state index in [-0.39, 0.29) is 98.8 Å². The van der Waals surface area contributed by atoms with E-state index in [0.29, 0.717) is 83.1 Å². The van der Waals surface area contributed by atoms with Crippen molar-refractivity contribution in [2.24, 2.45) is 17.2 Å². The molecule has 0 unspecified atom stereocenters. The van der Waals surface area contributed by atoms with Gasteiger partial charge in [-0.25, -0.2) is 0 Å². The molecular weight excluding hydrogens is 1820 g/mol. The van der Waals surface area contributed by atoms with E-state index in [4.69, 9.17) is 62.3 Å². The van der Waals surface area contributed by atoms with Gasteiger partial charge in [-0.05, 0) is 237 Å². The summed E-state index contributed by atoms with van der Waals surface area (Å²) < 4.78 is 62.8. The van der Waals surface area contributed by atoms with Crippen molar-refractivity contribution in [3.63, 3.8) is 0 Å². The summed E-state index contributed by atoms with van der Waals surface area (Å²) in [6.45, 7) is 11.9. The van der Waals surface area contributed by atoms with Gasteiger partial charge >= 0.3 is 42.7 Å². The first-order chi connectivity index (χ1) is 65.6. The van der Waals surface area contributed by atoms with Crippen LogP contribution in [-0.2, 0) is 131 Å². The molecule has 12 aromatic carbocycles. The molecule has 138 heavy (non-hydrogen) atoms. The Balaban J connectivity index is 0.000000186. The molecule has 16 rings (SSSR count). The number of carbonyl (C=O) groups excluding carboxylic acids is 7. The molecule has 0 aliphatic rings. The van der Waals surface area contributed by atoms with Crippen LogP contribution in [0.5, 0.6) is 23.0 Å². The molecule has 4 amide bonds. The molecule has 0 aliphatic carbocycles. The second-order valence-corrected chi connectivity index (χ2v) is 32.6. The van der Waals surface area contributed by atoms with Crippen LogP contribution in [0.25, 0.3) is 88.4 Å². The summed E-state index contributed by atoms with van der Waals surface area (Å²) in [4.78, 5) is 90.4. The molecule has 11 N–H and O–H groups in total. The number of carboxylic acids is 1. The Bertz CT molecular complexity index is 6780. The van der Waals surface area contributed by atoms with Gasteiger partial charge in [-0.3, -0.25) is 38.4 Å². The predicted octanol–water partition coefficient (Wildman–Crippen LogP) is 18.5. The number of benzene rings is 12. The van der Waals surface area contributed by atoms with Gasteiger partial charge in [-0.1, -0.05) is 115 Å². The van der Waals surface area contributed by atoms with Crippen LogP contribution in [0.1, 0.15) is 108 Å². The molecule has 4 aromatic heterocycles. The van der Waals surface area contributed by atoms with Crippen molar-refractivity contribution in [1.29, 1.82) is 0 Å². The number of aliphatic carboxylic acids is 1. The number of nitrogens with two attached hydrogens (primary N) is 3. The van der Waals surface area contributed by atoms with Gasteiger partial charge in [-0.2, -0.15) is 0 Å². The first-order valence-corrected chi connectivity index (χ1v) is 44.4. The number of rotatable bonds is 31. The fourth-order valence-corrected chi connectivity index (χ4v) is 15.6. The molecular formula is C109H106BrLiN6O21. The summed E-state index contributed by atoms with van der Waals surface area (Å²) in [5.41, 5.74) is 40.2. The number of methoxy groups -OCH3 is 3. The maximum absolute atomic E-state index is 11.9. The Morgan fingerprint density at radius 2 is 0.601 bits per heavy atom. The summed E-state index contributed by atoms with van der Waals surface area (Å²) in [7, 11) is 4.06. The minimum absolute atomic E-state index is 0. The van der Waals surface area contributed by atoms with Crippen LogP contribution in [0.4, 0.5) is 17.1 Å². The number of carbonyl (C=O) groups is 8. The Kier molecular flexibility index (Phi) is 38.6. The average Bonchev–Trinajstić information content (AvgIpc) is 1.62. The second-order valence-electron chi connectivity index (χ2n) is 31.7. The van der Waals surface area contributed by atoms with E-state index in [2.05, 4.69) is 124 Å². The number of anilines is 3. The Morgan fingerprint density at radius 3 is 0.862 bits per heavy atom.